The zero-order valence-corrected chi connectivity index (χ0v) is 7.73. The molecule has 0 bridgehead atoms. The normalized spacial score (nSPS) is 9.93. The number of hydrogen-bond acceptors (Lipinski definition) is 1. The van der Waals surface area contributed by atoms with Crippen LogP contribution in [0.15, 0.2) is 18.2 Å². The molecule has 0 fully saturated rings. The van der Waals surface area contributed by atoms with Gasteiger partial charge in [0, 0.05) is 12.1 Å². The van der Waals surface area contributed by atoms with E-state index in [-0.39, 0.29) is 10.7 Å². The highest BCUT2D eigenvalue weighted by atomic mass is 35.5. The first-order valence-electron chi connectivity index (χ1n) is 3.41. The van der Waals surface area contributed by atoms with E-state index in [0.717, 1.165) is 6.07 Å². The molecule has 0 heterocycles. The van der Waals surface area contributed by atoms with Gasteiger partial charge in [0.25, 0.3) is 0 Å². The van der Waals surface area contributed by atoms with Crippen LogP contribution in [-0.4, -0.2) is 7.25 Å². The maximum absolute atomic E-state index is 12.3. The van der Waals surface area contributed by atoms with Crippen molar-refractivity contribution in [2.45, 2.75) is 0 Å². The molecular formula is C6H3BClF5N2. The Bertz CT molecular complexity index is 369. The van der Waals surface area contributed by atoms with Crippen LogP contribution in [0.5, 0.6) is 0 Å². The van der Waals surface area contributed by atoms with E-state index < -0.39 is 13.1 Å². The molecule has 82 valence electrons. The van der Waals surface area contributed by atoms with Crippen molar-refractivity contribution in [1.82, 2.24) is 0 Å². The average Bonchev–Trinajstić information content (AvgIpc) is 2.01. The Hall–Kier alpha value is -1.36. The first-order valence-corrected chi connectivity index (χ1v) is 3.79. The molecule has 0 aliphatic heterocycles. The maximum atomic E-state index is 12.3. The number of hydrogen-bond donors (Lipinski definition) is 0. The summed E-state index contributed by atoms with van der Waals surface area (Å²) >= 11 is 5.44. The minimum atomic E-state index is -6.00. The lowest BCUT2D eigenvalue weighted by Gasteiger charge is -1.94. The molecule has 0 N–H and O–H groups in total. The molecule has 0 saturated carbocycles. The minimum absolute atomic E-state index is 0.0995. The summed E-state index contributed by atoms with van der Waals surface area (Å²) in [6.45, 7) is 0. The number of halogens is 6. The summed E-state index contributed by atoms with van der Waals surface area (Å²) < 4.78 is 51.3. The van der Waals surface area contributed by atoms with Crippen LogP contribution in [0.1, 0.15) is 0 Å². The van der Waals surface area contributed by atoms with Gasteiger partial charge in [-0.3, -0.25) is 0 Å². The van der Waals surface area contributed by atoms with E-state index in [1.807, 2.05) is 0 Å². The summed E-state index contributed by atoms with van der Waals surface area (Å²) in [6, 6.07) is 3.54. The van der Waals surface area contributed by atoms with Crippen molar-refractivity contribution in [3.63, 3.8) is 0 Å². The Morgan fingerprint density at radius 3 is 2.00 bits per heavy atom. The number of diazo groups is 1. The van der Waals surface area contributed by atoms with Crippen LogP contribution in [0.25, 0.3) is 4.98 Å². The van der Waals surface area contributed by atoms with Gasteiger partial charge in [0.1, 0.15) is 10.8 Å². The second kappa shape index (κ2) is 5.51. The fourth-order valence-corrected chi connectivity index (χ4v) is 0.767. The van der Waals surface area contributed by atoms with Crippen LogP contribution in [0.2, 0.25) is 5.02 Å². The molecule has 9 heteroatoms. The van der Waals surface area contributed by atoms with Gasteiger partial charge in [-0.05, 0) is 6.07 Å². The smallest absolute Gasteiger partial charge is 0.418 e. The molecule has 0 radical (unpaired) electrons. The predicted molar refractivity (Wildman–Crippen MR) is 46.3 cm³/mol. The SMILES string of the molecule is F[B-](F)(F)F.N#[N+]c1ccc(F)cc1Cl. The highest BCUT2D eigenvalue weighted by molar-refractivity contribution is 6.50. The van der Waals surface area contributed by atoms with Crippen molar-refractivity contribution in [2.75, 3.05) is 0 Å². The molecule has 1 aromatic rings. The number of benzene rings is 1. The zero-order chi connectivity index (χ0) is 12.1. The van der Waals surface area contributed by atoms with E-state index in [9.17, 15) is 21.7 Å². The van der Waals surface area contributed by atoms with Gasteiger partial charge in [-0.25, -0.2) is 4.39 Å². The predicted octanol–water partition coefficient (Wildman–Crippen LogP) is 4.26. The van der Waals surface area contributed by atoms with Gasteiger partial charge < -0.3 is 17.3 Å². The van der Waals surface area contributed by atoms with Gasteiger partial charge in [0.2, 0.25) is 5.39 Å². The zero-order valence-electron chi connectivity index (χ0n) is 6.97. The molecule has 2 nitrogen and oxygen atoms in total. The summed E-state index contributed by atoms with van der Waals surface area (Å²) in [4.78, 5) is 2.81. The first-order chi connectivity index (χ1) is 6.74. The highest BCUT2D eigenvalue weighted by Gasteiger charge is 2.20. The molecule has 1 aromatic carbocycles. The quantitative estimate of drug-likeness (QED) is 0.380. The molecule has 15 heavy (non-hydrogen) atoms. The molecule has 0 aliphatic carbocycles. The van der Waals surface area contributed by atoms with Crippen LogP contribution in [-0.2, 0) is 0 Å². The summed E-state index contributed by atoms with van der Waals surface area (Å²) in [5.74, 6) is -0.447. The third-order valence-electron chi connectivity index (χ3n) is 1.02. The molecule has 0 saturated heterocycles. The Morgan fingerprint density at radius 2 is 1.67 bits per heavy atom. The molecule has 0 unspecified atom stereocenters. The molecule has 0 aliphatic rings. The Morgan fingerprint density at radius 1 is 1.20 bits per heavy atom. The molecule has 0 aromatic heterocycles. The number of rotatable bonds is 0. The summed E-state index contributed by atoms with van der Waals surface area (Å²) in [7, 11) is -6.00. The molecule has 0 atom stereocenters. The monoisotopic (exact) mass is 244 g/mol. The standard InChI is InChI=1S/C6H3ClFN2.BF4/c7-5-3-4(8)1-2-6(5)10-9;2-1(3,4)5/h1-3H;/q+1;-1. The maximum Gasteiger partial charge on any atom is 0.673 e. The van der Waals surface area contributed by atoms with E-state index >= 15 is 0 Å². The van der Waals surface area contributed by atoms with Crippen LogP contribution < -0.4 is 0 Å². The van der Waals surface area contributed by atoms with Crippen molar-refractivity contribution in [1.29, 1.82) is 5.39 Å². The second-order valence-electron chi connectivity index (χ2n) is 2.19. The van der Waals surface area contributed by atoms with E-state index in [0.29, 0.717) is 0 Å². The van der Waals surface area contributed by atoms with Crippen LogP contribution in [0, 0.1) is 11.2 Å². The molecule has 0 amide bonds. The summed E-state index contributed by atoms with van der Waals surface area (Å²) in [5.41, 5.74) is 0.170. The lowest BCUT2D eigenvalue weighted by atomic mass is 10.3. The fraction of sp³-hybridized carbons (Fsp3) is 0. The van der Waals surface area contributed by atoms with Crippen molar-refractivity contribution < 1.29 is 21.7 Å². The van der Waals surface area contributed by atoms with Gasteiger partial charge in [-0.2, -0.15) is 0 Å². The topological polar surface area (TPSA) is 28.1 Å². The first kappa shape index (κ1) is 13.6. The molecule has 1 rings (SSSR count). The molecular weight excluding hydrogens is 241 g/mol. The Labute approximate surface area is 86.4 Å². The van der Waals surface area contributed by atoms with Crippen molar-refractivity contribution in [3.05, 3.63) is 34.0 Å². The van der Waals surface area contributed by atoms with E-state index in [1.54, 1.807) is 0 Å². The van der Waals surface area contributed by atoms with Crippen molar-refractivity contribution in [2.24, 2.45) is 0 Å². The average molecular weight is 244 g/mol. The third-order valence-corrected chi connectivity index (χ3v) is 1.32. The van der Waals surface area contributed by atoms with Crippen LogP contribution in [0.4, 0.5) is 27.3 Å². The Kier molecular flexibility index (Phi) is 5.01. The van der Waals surface area contributed by atoms with E-state index in [4.69, 9.17) is 17.0 Å². The second-order valence-corrected chi connectivity index (χ2v) is 2.60. The summed E-state index contributed by atoms with van der Waals surface area (Å²) in [6.07, 6.45) is 0. The van der Waals surface area contributed by atoms with E-state index in [2.05, 4.69) is 4.98 Å². The van der Waals surface area contributed by atoms with E-state index in [1.165, 1.54) is 12.1 Å². The molecule has 0 spiro atoms. The van der Waals surface area contributed by atoms with Gasteiger partial charge in [0.05, 0.1) is 0 Å². The summed E-state index contributed by atoms with van der Waals surface area (Å²) in [5, 5.41) is 8.33. The van der Waals surface area contributed by atoms with Crippen LogP contribution in [0.3, 0.4) is 0 Å². The van der Waals surface area contributed by atoms with Crippen molar-refractivity contribution >= 4 is 24.5 Å². The van der Waals surface area contributed by atoms with Crippen molar-refractivity contribution in [3.8, 4) is 0 Å². The number of nitrogens with zero attached hydrogens (tertiary/aromatic N) is 2. The van der Waals surface area contributed by atoms with Gasteiger partial charge in [-0.15, -0.1) is 0 Å². The van der Waals surface area contributed by atoms with Crippen LogP contribution >= 0.6 is 11.6 Å². The largest absolute Gasteiger partial charge is 0.673 e. The highest BCUT2D eigenvalue weighted by Crippen LogP contribution is 2.24. The third kappa shape index (κ3) is 7.70. The minimum Gasteiger partial charge on any atom is -0.418 e. The van der Waals surface area contributed by atoms with Gasteiger partial charge in [-0.1, -0.05) is 11.6 Å². The lowest BCUT2D eigenvalue weighted by molar-refractivity contribution is 0.368. The fourth-order valence-electron chi connectivity index (χ4n) is 0.562. The van der Waals surface area contributed by atoms with Gasteiger partial charge >= 0.3 is 12.9 Å². The lowest BCUT2D eigenvalue weighted by Crippen LogP contribution is -2.02. The Balaban J connectivity index is 0.000000336. The van der Waals surface area contributed by atoms with Gasteiger partial charge in [0.15, 0.2) is 4.98 Å².